The lowest BCUT2D eigenvalue weighted by molar-refractivity contribution is -0.130. The second-order valence-electron chi connectivity index (χ2n) is 15.8. The van der Waals surface area contributed by atoms with Crippen molar-refractivity contribution in [2.45, 2.75) is 157 Å². The van der Waals surface area contributed by atoms with Crippen molar-refractivity contribution in [3.8, 4) is 11.4 Å². The van der Waals surface area contributed by atoms with E-state index in [2.05, 4.69) is 63.8 Å². The number of rotatable bonds is 10. The van der Waals surface area contributed by atoms with Crippen LogP contribution in [0.5, 0.6) is 0 Å². The number of amides is 1. The molecule has 2 fully saturated rings. The molecule has 8 nitrogen and oxygen atoms in total. The molecule has 1 aromatic carbocycles. The van der Waals surface area contributed by atoms with E-state index >= 15 is 0 Å². The van der Waals surface area contributed by atoms with Gasteiger partial charge in [0.2, 0.25) is 5.91 Å². The summed E-state index contributed by atoms with van der Waals surface area (Å²) in [5, 5.41) is 6.89. The summed E-state index contributed by atoms with van der Waals surface area (Å²) in [7, 11) is 1.50. The van der Waals surface area contributed by atoms with Crippen molar-refractivity contribution >= 4 is 35.6 Å². The molecule has 0 bridgehead atoms. The van der Waals surface area contributed by atoms with Gasteiger partial charge in [-0.05, 0) is 98.4 Å². The minimum Gasteiger partial charge on any atom is -0.483 e. The van der Waals surface area contributed by atoms with Gasteiger partial charge in [0, 0.05) is 47.9 Å². The molecule has 3 heterocycles. The highest BCUT2D eigenvalue weighted by Gasteiger charge is 2.27. The smallest absolute Gasteiger partial charge is 0.290 e. The highest BCUT2D eigenvalue weighted by atomic mass is 32.1. The quantitative estimate of drug-likeness (QED) is 0.154. The van der Waals surface area contributed by atoms with E-state index in [1.54, 1.807) is 11.3 Å². The highest BCUT2D eigenvalue weighted by Crippen LogP contribution is 2.41. The summed E-state index contributed by atoms with van der Waals surface area (Å²) in [5.41, 5.74) is 9.52. The molecule has 324 valence electrons. The van der Waals surface area contributed by atoms with Crippen LogP contribution in [-0.2, 0) is 21.4 Å². The SMILES string of the molecule is CC.CC.CC(C)(C)c1ccc(C=O)s1.CCCCC1CCCC(C2CC=C(c3cnc(-c4ccc(CCC(=O)N5CCCC5)cc4)nc3)CC2)CC1.CN.O=CO. The number of aromatic nitrogens is 2. The Morgan fingerprint density at radius 3 is 2.02 bits per heavy atom. The maximum Gasteiger partial charge on any atom is 0.290 e. The molecule has 2 aromatic heterocycles. The number of carbonyl (C=O) groups is 3. The number of hydrogen-bond acceptors (Lipinski definition) is 7. The van der Waals surface area contributed by atoms with E-state index in [-0.39, 0.29) is 11.9 Å². The Bertz CT molecular complexity index is 1560. The normalized spacial score (nSPS) is 18.6. The molecule has 6 rings (SSSR count). The summed E-state index contributed by atoms with van der Waals surface area (Å²) < 4.78 is 0. The molecule has 0 spiro atoms. The van der Waals surface area contributed by atoms with Gasteiger partial charge in [-0.1, -0.05) is 131 Å². The van der Waals surface area contributed by atoms with E-state index in [9.17, 15) is 9.59 Å². The zero-order chi connectivity index (χ0) is 43.3. The molecule has 2 aliphatic carbocycles. The van der Waals surface area contributed by atoms with Crippen LogP contribution in [0.15, 0.2) is 54.9 Å². The van der Waals surface area contributed by atoms with Crippen molar-refractivity contribution in [2.24, 2.45) is 23.5 Å². The van der Waals surface area contributed by atoms with Gasteiger partial charge in [0.05, 0.1) is 4.88 Å². The predicted octanol–water partition coefficient (Wildman–Crippen LogP) is 12.5. The highest BCUT2D eigenvalue weighted by molar-refractivity contribution is 7.13. The first kappa shape index (κ1) is 52.3. The number of thiophene rings is 1. The Labute approximate surface area is 356 Å². The van der Waals surface area contributed by atoms with E-state index in [1.807, 2.05) is 57.1 Å². The van der Waals surface area contributed by atoms with Gasteiger partial charge in [0.1, 0.15) is 0 Å². The van der Waals surface area contributed by atoms with Crippen molar-refractivity contribution in [2.75, 3.05) is 20.1 Å². The topological polar surface area (TPSA) is 126 Å². The van der Waals surface area contributed by atoms with Crippen LogP contribution < -0.4 is 5.73 Å². The molecule has 3 unspecified atom stereocenters. The van der Waals surface area contributed by atoms with Gasteiger partial charge in [-0.2, -0.15) is 0 Å². The first-order valence-electron chi connectivity index (χ1n) is 22.2. The summed E-state index contributed by atoms with van der Waals surface area (Å²) in [5.74, 6) is 3.86. The van der Waals surface area contributed by atoms with E-state index in [0.29, 0.717) is 12.3 Å². The maximum absolute atomic E-state index is 12.3. The molecule has 3 aliphatic rings. The number of likely N-dealkylation sites (tertiary alicyclic amines) is 1. The van der Waals surface area contributed by atoms with E-state index in [0.717, 1.165) is 79.1 Å². The molecule has 1 saturated heterocycles. The van der Waals surface area contributed by atoms with E-state index in [1.165, 1.54) is 92.8 Å². The molecule has 1 aliphatic heterocycles. The summed E-state index contributed by atoms with van der Waals surface area (Å²) in [4.78, 5) is 44.6. The first-order chi connectivity index (χ1) is 28.1. The average Bonchev–Trinajstić information content (AvgIpc) is 3.95. The summed E-state index contributed by atoms with van der Waals surface area (Å²) in [6, 6.07) is 12.3. The zero-order valence-corrected chi connectivity index (χ0v) is 38.4. The van der Waals surface area contributed by atoms with Crippen molar-refractivity contribution in [3.05, 3.63) is 75.7 Å². The minimum atomic E-state index is -0.250. The van der Waals surface area contributed by atoms with Crippen LogP contribution in [0, 0.1) is 17.8 Å². The second kappa shape index (κ2) is 30.4. The Kier molecular flexibility index (Phi) is 27.4. The molecule has 3 N–H and O–H groups in total. The van der Waals surface area contributed by atoms with Gasteiger partial charge < -0.3 is 15.7 Å². The van der Waals surface area contributed by atoms with Crippen LogP contribution >= 0.6 is 11.3 Å². The van der Waals surface area contributed by atoms with Gasteiger partial charge >= 0.3 is 0 Å². The number of aryl methyl sites for hydroxylation is 1. The largest absolute Gasteiger partial charge is 0.483 e. The minimum absolute atomic E-state index is 0.173. The van der Waals surface area contributed by atoms with Crippen molar-refractivity contribution < 1.29 is 19.5 Å². The fourth-order valence-electron chi connectivity index (χ4n) is 7.86. The summed E-state index contributed by atoms with van der Waals surface area (Å²) >= 11 is 1.57. The molecule has 58 heavy (non-hydrogen) atoms. The molecule has 3 atom stereocenters. The lowest BCUT2D eigenvalue weighted by atomic mass is 9.76. The fourth-order valence-corrected chi connectivity index (χ4v) is 8.74. The van der Waals surface area contributed by atoms with Crippen molar-refractivity contribution in [1.82, 2.24) is 14.9 Å². The number of carboxylic acid groups (broad SMARTS) is 1. The maximum atomic E-state index is 12.3. The number of unbranched alkanes of at least 4 members (excludes halogenated alkanes) is 1. The molecule has 3 aromatic rings. The standard InChI is InChI=1S/C34H47N3O.C9H12OS.2C2H6.CH5N.CH2O2/c1-2-3-7-26-8-6-9-28(14-10-26)29-17-19-30(20-18-29)32-24-35-34(36-25-32)31-15-11-27(12-16-31)13-21-33(38)37-22-4-5-23-37;1-9(2,3)8-5-4-7(6-10)11-8;3*1-2;2-1-3/h11-12,15-16,19,24-26,28-29H,2-10,13-14,17-18,20-23H2,1H3;4-6H,1-3H3;2*1-2H3;2H2,1H3;1H,(H,2,3). The molecule has 1 amide bonds. The second-order valence-corrected chi connectivity index (χ2v) is 16.9. The number of carbonyl (C=O) groups excluding carboxylic acids is 2. The number of hydrogen-bond donors (Lipinski definition) is 2. The monoisotopic (exact) mass is 819 g/mol. The summed E-state index contributed by atoms with van der Waals surface area (Å²) in [6.45, 7) is 18.4. The van der Waals surface area contributed by atoms with Gasteiger partial charge in [0.25, 0.3) is 6.47 Å². The van der Waals surface area contributed by atoms with Crippen LogP contribution in [0.1, 0.15) is 171 Å². The van der Waals surface area contributed by atoms with Crippen molar-refractivity contribution in [3.63, 3.8) is 0 Å². The molecular weight excluding hydrogens is 741 g/mol. The number of nitrogens with two attached hydrogens (primary N) is 1. The number of benzene rings is 1. The Morgan fingerprint density at radius 1 is 0.862 bits per heavy atom. The third-order valence-electron chi connectivity index (χ3n) is 11.0. The lowest BCUT2D eigenvalue weighted by Crippen LogP contribution is -2.27. The van der Waals surface area contributed by atoms with Crippen LogP contribution in [-0.4, -0.2) is 58.8 Å². The Balaban J connectivity index is 0.000000703. The number of nitrogens with zero attached hydrogens (tertiary/aromatic N) is 3. The van der Waals surface area contributed by atoms with Crippen LogP contribution in [0.2, 0.25) is 0 Å². The van der Waals surface area contributed by atoms with Crippen LogP contribution in [0.25, 0.3) is 17.0 Å². The number of allylic oxidation sites excluding steroid dienone is 2. The van der Waals surface area contributed by atoms with Gasteiger partial charge in [0.15, 0.2) is 12.1 Å². The van der Waals surface area contributed by atoms with Crippen LogP contribution in [0.3, 0.4) is 0 Å². The molecule has 9 heteroatoms. The van der Waals surface area contributed by atoms with Crippen LogP contribution in [0.4, 0.5) is 0 Å². The third kappa shape index (κ3) is 18.5. The summed E-state index contributed by atoms with van der Waals surface area (Å²) in [6.07, 6.45) is 26.3. The number of aldehydes is 1. The van der Waals surface area contributed by atoms with Gasteiger partial charge in [-0.3, -0.25) is 14.4 Å². The van der Waals surface area contributed by atoms with E-state index in [4.69, 9.17) is 19.9 Å². The Hall–Kier alpha value is -3.69. The fraction of sp³-hybridized carbons (Fsp3) is 0.612. The zero-order valence-electron chi connectivity index (χ0n) is 37.6. The molecular formula is C49H78N4O4S. The van der Waals surface area contributed by atoms with E-state index < -0.39 is 0 Å². The predicted molar refractivity (Wildman–Crippen MR) is 246 cm³/mol. The first-order valence-corrected chi connectivity index (χ1v) is 23.1. The Morgan fingerprint density at radius 2 is 1.50 bits per heavy atom. The van der Waals surface area contributed by atoms with Gasteiger partial charge in [-0.25, -0.2) is 9.97 Å². The average molecular weight is 819 g/mol. The third-order valence-corrected chi connectivity index (χ3v) is 12.5. The van der Waals surface area contributed by atoms with Gasteiger partial charge in [-0.15, -0.1) is 11.3 Å². The van der Waals surface area contributed by atoms with Crippen molar-refractivity contribution in [1.29, 1.82) is 0 Å². The molecule has 0 radical (unpaired) electrons. The molecule has 1 saturated carbocycles. The lowest BCUT2D eigenvalue weighted by Gasteiger charge is -2.29.